The number of hydrogen-bond acceptors (Lipinski definition) is 6. The van der Waals surface area contributed by atoms with E-state index in [-0.39, 0.29) is 16.8 Å². The Labute approximate surface area is 168 Å². The van der Waals surface area contributed by atoms with Gasteiger partial charge in [0.15, 0.2) is 16.7 Å². The molecule has 1 aromatic carbocycles. The van der Waals surface area contributed by atoms with E-state index in [0.717, 1.165) is 29.5 Å². The van der Waals surface area contributed by atoms with E-state index in [0.29, 0.717) is 42.4 Å². The zero-order chi connectivity index (χ0) is 20.4. The molecule has 1 fully saturated rings. The molecule has 4 rings (SSSR count). The van der Waals surface area contributed by atoms with Gasteiger partial charge in [0, 0.05) is 19.1 Å². The van der Waals surface area contributed by atoms with Crippen LogP contribution in [-0.2, 0) is 4.74 Å². The third-order valence-corrected chi connectivity index (χ3v) is 5.58. The van der Waals surface area contributed by atoms with E-state index in [2.05, 4.69) is 10.3 Å². The highest BCUT2D eigenvalue weighted by Gasteiger charge is 2.29. The maximum absolute atomic E-state index is 13.9. The number of anilines is 1. The number of rotatable bonds is 5. The molecule has 29 heavy (non-hydrogen) atoms. The van der Waals surface area contributed by atoms with Gasteiger partial charge >= 0.3 is 0 Å². The number of thiazole rings is 1. The molecule has 0 saturated carbocycles. The summed E-state index contributed by atoms with van der Waals surface area (Å²) in [5, 5.41) is 2.55. The van der Waals surface area contributed by atoms with Gasteiger partial charge in [0.2, 0.25) is 0 Å². The summed E-state index contributed by atoms with van der Waals surface area (Å²) in [6.07, 6.45) is 2.66. The van der Waals surface area contributed by atoms with Gasteiger partial charge in [-0.1, -0.05) is 11.3 Å². The fourth-order valence-electron chi connectivity index (χ4n) is 3.10. The number of carbonyl (C=O) groups excluding carboxylic acids is 2. The van der Waals surface area contributed by atoms with Crippen LogP contribution in [0.25, 0.3) is 11.5 Å². The van der Waals surface area contributed by atoms with E-state index in [1.165, 1.54) is 6.26 Å². The number of nitrogens with one attached hydrogen (secondary N) is 1. The standard InChI is InChI=1S/C20H16F2N2O4S/c21-12-3-4-14(22)13(10-12)19(26)24-20-23-16(15-2-1-7-28-15)18(29-20)17(25)11-5-8-27-9-6-11/h1-4,7,10-11H,5-6,8-9H2,(H,23,24,26). The number of amides is 1. The van der Waals surface area contributed by atoms with Crippen molar-refractivity contribution >= 4 is 28.2 Å². The largest absolute Gasteiger partial charge is 0.463 e. The van der Waals surface area contributed by atoms with Crippen LogP contribution in [0.2, 0.25) is 0 Å². The number of ketones is 1. The predicted molar refractivity (Wildman–Crippen MR) is 102 cm³/mol. The van der Waals surface area contributed by atoms with Crippen LogP contribution in [0.1, 0.15) is 32.9 Å². The van der Waals surface area contributed by atoms with E-state index in [1.807, 2.05) is 0 Å². The van der Waals surface area contributed by atoms with Crippen LogP contribution in [-0.4, -0.2) is 29.9 Å². The average molecular weight is 418 g/mol. The molecule has 0 unspecified atom stereocenters. The highest BCUT2D eigenvalue weighted by Crippen LogP contribution is 2.35. The maximum atomic E-state index is 13.9. The minimum Gasteiger partial charge on any atom is -0.463 e. The van der Waals surface area contributed by atoms with Crippen LogP contribution < -0.4 is 5.32 Å². The minimum atomic E-state index is -0.856. The van der Waals surface area contributed by atoms with E-state index < -0.39 is 23.1 Å². The number of nitrogens with zero attached hydrogens (tertiary/aromatic N) is 1. The molecule has 0 radical (unpaired) electrons. The van der Waals surface area contributed by atoms with Crippen molar-refractivity contribution in [1.82, 2.24) is 4.98 Å². The molecule has 0 bridgehead atoms. The predicted octanol–water partition coefficient (Wildman–Crippen LogP) is 4.54. The van der Waals surface area contributed by atoms with E-state index in [1.54, 1.807) is 12.1 Å². The summed E-state index contributed by atoms with van der Waals surface area (Å²) in [7, 11) is 0. The SMILES string of the molecule is O=C(Nc1nc(-c2ccco2)c(C(=O)C2CCOCC2)s1)c1cc(F)ccc1F. The summed E-state index contributed by atoms with van der Waals surface area (Å²) in [5.41, 5.74) is -0.136. The van der Waals surface area contributed by atoms with E-state index in [4.69, 9.17) is 9.15 Å². The second-order valence-corrected chi connectivity index (χ2v) is 7.50. The fraction of sp³-hybridized carbons (Fsp3) is 0.250. The lowest BCUT2D eigenvalue weighted by molar-refractivity contribution is 0.0547. The van der Waals surface area contributed by atoms with Crippen LogP contribution in [0.15, 0.2) is 41.0 Å². The lowest BCUT2D eigenvalue weighted by Gasteiger charge is -2.20. The van der Waals surface area contributed by atoms with Gasteiger partial charge in [-0.2, -0.15) is 0 Å². The summed E-state index contributed by atoms with van der Waals surface area (Å²) in [6.45, 7) is 1.02. The molecular formula is C20H16F2N2O4S. The van der Waals surface area contributed by atoms with Gasteiger partial charge in [-0.3, -0.25) is 14.9 Å². The van der Waals surface area contributed by atoms with Crippen molar-refractivity contribution in [2.24, 2.45) is 5.92 Å². The number of aromatic nitrogens is 1. The minimum absolute atomic E-state index is 0.0977. The normalized spacial score (nSPS) is 14.7. The Balaban J connectivity index is 1.65. The number of carbonyl (C=O) groups is 2. The van der Waals surface area contributed by atoms with Crippen LogP contribution in [0, 0.1) is 17.6 Å². The number of ether oxygens (including phenoxy) is 1. The van der Waals surface area contributed by atoms with Gasteiger partial charge in [0.05, 0.1) is 11.8 Å². The highest BCUT2D eigenvalue weighted by atomic mass is 32.1. The second kappa shape index (κ2) is 8.22. The van der Waals surface area contributed by atoms with Crippen molar-refractivity contribution in [2.45, 2.75) is 12.8 Å². The summed E-state index contributed by atoms with van der Waals surface area (Å²) >= 11 is 0.983. The van der Waals surface area contributed by atoms with Gasteiger partial charge in [-0.15, -0.1) is 0 Å². The van der Waals surface area contributed by atoms with Gasteiger partial charge < -0.3 is 9.15 Å². The van der Waals surface area contributed by atoms with Gasteiger partial charge in [0.25, 0.3) is 5.91 Å². The molecular weight excluding hydrogens is 402 g/mol. The van der Waals surface area contributed by atoms with Crippen LogP contribution in [0.5, 0.6) is 0 Å². The Morgan fingerprint density at radius 3 is 2.69 bits per heavy atom. The number of benzene rings is 1. The molecule has 0 aliphatic carbocycles. The van der Waals surface area contributed by atoms with Crippen molar-refractivity contribution in [1.29, 1.82) is 0 Å². The van der Waals surface area contributed by atoms with E-state index in [9.17, 15) is 18.4 Å². The zero-order valence-electron chi connectivity index (χ0n) is 15.1. The lowest BCUT2D eigenvalue weighted by atomic mass is 9.94. The fourth-order valence-corrected chi connectivity index (χ4v) is 4.09. The molecule has 1 amide bonds. The van der Waals surface area contributed by atoms with Gasteiger partial charge in [0.1, 0.15) is 22.2 Å². The Hall–Kier alpha value is -2.91. The monoisotopic (exact) mass is 418 g/mol. The van der Waals surface area contributed by atoms with E-state index >= 15 is 0 Å². The average Bonchev–Trinajstić information content (AvgIpc) is 3.39. The summed E-state index contributed by atoms with van der Waals surface area (Å²) in [4.78, 5) is 30.1. The maximum Gasteiger partial charge on any atom is 0.260 e. The van der Waals surface area contributed by atoms with Crippen LogP contribution >= 0.6 is 11.3 Å². The Bertz CT molecular complexity index is 1040. The molecule has 150 valence electrons. The van der Waals surface area contributed by atoms with Crippen molar-refractivity contribution in [3.8, 4) is 11.5 Å². The second-order valence-electron chi connectivity index (χ2n) is 6.50. The van der Waals surface area contributed by atoms with Gasteiger partial charge in [-0.05, 0) is 43.2 Å². The molecule has 1 aliphatic rings. The third-order valence-electron chi connectivity index (χ3n) is 4.59. The molecule has 1 aliphatic heterocycles. The first-order valence-electron chi connectivity index (χ1n) is 8.96. The van der Waals surface area contributed by atoms with Gasteiger partial charge in [-0.25, -0.2) is 13.8 Å². The molecule has 0 atom stereocenters. The summed E-state index contributed by atoms with van der Waals surface area (Å²) < 4.78 is 38.0. The Morgan fingerprint density at radius 2 is 1.97 bits per heavy atom. The molecule has 6 nitrogen and oxygen atoms in total. The first-order valence-corrected chi connectivity index (χ1v) is 9.77. The van der Waals surface area contributed by atoms with Crippen molar-refractivity contribution < 1.29 is 27.5 Å². The molecule has 0 spiro atoms. The molecule has 1 saturated heterocycles. The quantitative estimate of drug-likeness (QED) is 0.615. The highest BCUT2D eigenvalue weighted by molar-refractivity contribution is 7.18. The number of Topliss-reactive ketones (excluding diaryl/α,β-unsaturated/α-hetero) is 1. The Morgan fingerprint density at radius 1 is 1.17 bits per heavy atom. The topological polar surface area (TPSA) is 81.4 Å². The number of halogens is 2. The molecule has 9 heteroatoms. The zero-order valence-corrected chi connectivity index (χ0v) is 15.9. The third kappa shape index (κ3) is 4.10. The summed E-state index contributed by atoms with van der Waals surface area (Å²) in [5.74, 6) is -2.37. The van der Waals surface area contributed by atoms with Crippen molar-refractivity contribution in [3.05, 3.63) is 58.7 Å². The van der Waals surface area contributed by atoms with Crippen molar-refractivity contribution in [3.63, 3.8) is 0 Å². The molecule has 3 aromatic rings. The lowest BCUT2D eigenvalue weighted by Crippen LogP contribution is -2.23. The van der Waals surface area contributed by atoms with Crippen LogP contribution in [0.3, 0.4) is 0 Å². The number of furan rings is 1. The molecule has 3 heterocycles. The first kappa shape index (κ1) is 19.4. The van der Waals surface area contributed by atoms with Crippen LogP contribution in [0.4, 0.5) is 13.9 Å². The molecule has 1 N–H and O–H groups in total. The Kier molecular flexibility index (Phi) is 5.50. The smallest absolute Gasteiger partial charge is 0.260 e. The number of hydrogen-bond donors (Lipinski definition) is 1. The molecule has 2 aromatic heterocycles. The summed E-state index contributed by atoms with van der Waals surface area (Å²) in [6, 6.07) is 5.93. The first-order chi connectivity index (χ1) is 14.0. The van der Waals surface area contributed by atoms with Crippen molar-refractivity contribution in [2.75, 3.05) is 18.5 Å².